The van der Waals surface area contributed by atoms with Crippen molar-refractivity contribution in [2.75, 3.05) is 14.2 Å². The highest BCUT2D eigenvalue weighted by Crippen LogP contribution is 2.31. The SMILES string of the molecule is COc1cc(-n2cccc2)c(Cl)cc1C(=O)N(C)Cc1nc2ccsc2c(=O)[nH]1. The summed E-state index contributed by atoms with van der Waals surface area (Å²) in [4.78, 5) is 33.8. The van der Waals surface area contributed by atoms with Gasteiger partial charge in [-0.1, -0.05) is 11.6 Å². The summed E-state index contributed by atoms with van der Waals surface area (Å²) >= 11 is 7.76. The number of hydrogen-bond acceptors (Lipinski definition) is 5. The molecule has 1 N–H and O–H groups in total. The molecule has 0 fully saturated rings. The zero-order valence-electron chi connectivity index (χ0n) is 15.7. The standard InChI is InChI=1S/C20H17ClN4O3S/c1-24(11-17-22-14-5-8-29-18(14)19(26)23-17)20(27)12-9-13(21)15(10-16(12)28-2)25-6-3-4-7-25/h3-10H,11H2,1-2H3,(H,22,23,26). The number of ether oxygens (including phenoxy) is 1. The Labute approximate surface area is 175 Å². The lowest BCUT2D eigenvalue weighted by molar-refractivity contribution is 0.0778. The van der Waals surface area contributed by atoms with Crippen LogP contribution in [0.3, 0.4) is 0 Å². The number of nitrogens with one attached hydrogen (secondary N) is 1. The van der Waals surface area contributed by atoms with Gasteiger partial charge in [0.2, 0.25) is 0 Å². The number of methoxy groups -OCH3 is 1. The van der Waals surface area contributed by atoms with Crippen LogP contribution in [0.5, 0.6) is 5.75 Å². The number of amides is 1. The van der Waals surface area contributed by atoms with Crippen molar-refractivity contribution in [2.45, 2.75) is 6.54 Å². The van der Waals surface area contributed by atoms with Crippen molar-refractivity contribution in [1.82, 2.24) is 19.4 Å². The van der Waals surface area contributed by atoms with Crippen molar-refractivity contribution in [2.24, 2.45) is 0 Å². The van der Waals surface area contributed by atoms with Crippen LogP contribution in [0.15, 0.2) is 52.9 Å². The molecule has 0 aliphatic carbocycles. The number of rotatable bonds is 5. The number of thiophene rings is 1. The third kappa shape index (κ3) is 3.64. The van der Waals surface area contributed by atoms with Crippen LogP contribution in [0, 0.1) is 0 Å². The molecule has 148 valence electrons. The van der Waals surface area contributed by atoms with E-state index in [1.54, 1.807) is 25.2 Å². The van der Waals surface area contributed by atoms with Gasteiger partial charge in [-0.2, -0.15) is 0 Å². The summed E-state index contributed by atoms with van der Waals surface area (Å²) in [5.74, 6) is 0.520. The van der Waals surface area contributed by atoms with E-state index in [1.807, 2.05) is 34.5 Å². The smallest absolute Gasteiger partial charge is 0.268 e. The zero-order chi connectivity index (χ0) is 20.5. The molecule has 4 aromatic rings. The molecule has 0 aliphatic rings. The predicted molar refractivity (Wildman–Crippen MR) is 113 cm³/mol. The normalized spacial score (nSPS) is 11.0. The van der Waals surface area contributed by atoms with Gasteiger partial charge < -0.3 is 19.2 Å². The van der Waals surface area contributed by atoms with Gasteiger partial charge in [-0.3, -0.25) is 9.59 Å². The van der Waals surface area contributed by atoms with Gasteiger partial charge in [-0.05, 0) is 29.6 Å². The zero-order valence-corrected chi connectivity index (χ0v) is 17.3. The van der Waals surface area contributed by atoms with Crippen molar-refractivity contribution in [3.63, 3.8) is 0 Å². The van der Waals surface area contributed by atoms with Gasteiger partial charge in [0.05, 0.1) is 35.4 Å². The van der Waals surface area contributed by atoms with Crippen molar-refractivity contribution in [3.8, 4) is 11.4 Å². The highest BCUT2D eigenvalue weighted by molar-refractivity contribution is 7.17. The minimum atomic E-state index is -0.295. The molecule has 9 heteroatoms. The number of carbonyl (C=O) groups is 1. The number of aromatic nitrogens is 3. The van der Waals surface area contributed by atoms with Crippen LogP contribution in [-0.2, 0) is 6.54 Å². The van der Waals surface area contributed by atoms with Gasteiger partial charge in [0.15, 0.2) is 0 Å². The third-order valence-electron chi connectivity index (χ3n) is 4.48. The van der Waals surface area contributed by atoms with E-state index in [4.69, 9.17) is 16.3 Å². The maximum Gasteiger partial charge on any atom is 0.268 e. The van der Waals surface area contributed by atoms with Gasteiger partial charge in [-0.25, -0.2) is 4.98 Å². The first kappa shape index (κ1) is 19.2. The van der Waals surface area contributed by atoms with E-state index in [0.29, 0.717) is 38.1 Å². The van der Waals surface area contributed by atoms with Crippen LogP contribution >= 0.6 is 22.9 Å². The molecule has 0 atom stereocenters. The summed E-state index contributed by atoms with van der Waals surface area (Å²) in [6.45, 7) is 0.139. The van der Waals surface area contributed by atoms with E-state index in [2.05, 4.69) is 9.97 Å². The molecule has 4 rings (SSSR count). The second-order valence-electron chi connectivity index (χ2n) is 6.40. The fraction of sp³-hybridized carbons (Fsp3) is 0.150. The molecule has 1 aromatic carbocycles. The molecular formula is C20H17ClN4O3S. The van der Waals surface area contributed by atoms with Crippen LogP contribution in [0.1, 0.15) is 16.2 Å². The summed E-state index contributed by atoms with van der Waals surface area (Å²) in [6, 6.07) is 8.86. The highest BCUT2D eigenvalue weighted by Gasteiger charge is 2.21. The minimum Gasteiger partial charge on any atom is -0.496 e. The fourth-order valence-corrected chi connectivity index (χ4v) is 4.06. The van der Waals surface area contributed by atoms with E-state index in [1.165, 1.54) is 23.3 Å². The molecule has 0 saturated carbocycles. The van der Waals surface area contributed by atoms with Gasteiger partial charge in [0, 0.05) is 25.5 Å². The predicted octanol–water partition coefficient (Wildman–Crippen LogP) is 3.71. The monoisotopic (exact) mass is 428 g/mol. The van der Waals surface area contributed by atoms with E-state index in [9.17, 15) is 9.59 Å². The average Bonchev–Trinajstić information content (AvgIpc) is 3.39. The number of nitrogens with zero attached hydrogens (tertiary/aromatic N) is 3. The van der Waals surface area contributed by atoms with E-state index >= 15 is 0 Å². The lowest BCUT2D eigenvalue weighted by Crippen LogP contribution is -2.28. The van der Waals surface area contributed by atoms with Crippen molar-refractivity contribution in [3.05, 3.63) is 74.9 Å². The van der Waals surface area contributed by atoms with Crippen molar-refractivity contribution < 1.29 is 9.53 Å². The number of halogens is 1. The Balaban J connectivity index is 1.64. The molecule has 0 bridgehead atoms. The Morgan fingerprint density at radius 2 is 2.10 bits per heavy atom. The highest BCUT2D eigenvalue weighted by atomic mass is 35.5. The fourth-order valence-electron chi connectivity index (χ4n) is 3.07. The minimum absolute atomic E-state index is 0.139. The summed E-state index contributed by atoms with van der Waals surface area (Å²) in [7, 11) is 3.14. The maximum atomic E-state index is 13.0. The molecule has 0 unspecified atom stereocenters. The second-order valence-corrected chi connectivity index (χ2v) is 7.73. The number of hydrogen-bond donors (Lipinski definition) is 1. The van der Waals surface area contributed by atoms with Crippen LogP contribution < -0.4 is 10.3 Å². The van der Waals surface area contributed by atoms with Gasteiger partial charge in [0.1, 0.15) is 16.3 Å². The van der Waals surface area contributed by atoms with E-state index < -0.39 is 0 Å². The molecule has 3 heterocycles. The van der Waals surface area contributed by atoms with E-state index in [0.717, 1.165) is 0 Å². The Hall–Kier alpha value is -3.10. The largest absolute Gasteiger partial charge is 0.496 e. The first-order valence-corrected chi connectivity index (χ1v) is 9.96. The molecule has 7 nitrogen and oxygen atoms in total. The molecule has 1 amide bonds. The third-order valence-corrected chi connectivity index (χ3v) is 5.68. The van der Waals surface area contributed by atoms with Gasteiger partial charge >= 0.3 is 0 Å². The Bertz CT molecular complexity index is 1250. The molecule has 29 heavy (non-hydrogen) atoms. The number of benzene rings is 1. The number of carbonyl (C=O) groups excluding carboxylic acids is 1. The average molecular weight is 429 g/mol. The van der Waals surface area contributed by atoms with Crippen molar-refractivity contribution >= 4 is 39.1 Å². The van der Waals surface area contributed by atoms with Gasteiger partial charge in [-0.15, -0.1) is 11.3 Å². The molecule has 0 saturated heterocycles. The molecular weight excluding hydrogens is 412 g/mol. The lowest BCUT2D eigenvalue weighted by Gasteiger charge is -2.19. The van der Waals surface area contributed by atoms with E-state index in [-0.39, 0.29) is 18.0 Å². The molecule has 0 spiro atoms. The topological polar surface area (TPSA) is 80.2 Å². The molecule has 0 radical (unpaired) electrons. The Morgan fingerprint density at radius 3 is 2.83 bits per heavy atom. The number of H-pyrrole nitrogens is 1. The van der Waals surface area contributed by atoms with Crippen LogP contribution in [0.25, 0.3) is 15.9 Å². The van der Waals surface area contributed by atoms with Crippen LogP contribution in [0.2, 0.25) is 5.02 Å². The summed E-state index contributed by atoms with van der Waals surface area (Å²) < 4.78 is 7.84. The molecule has 3 aromatic heterocycles. The first-order chi connectivity index (χ1) is 14.0. The van der Waals surface area contributed by atoms with Crippen LogP contribution in [-0.4, -0.2) is 39.5 Å². The maximum absolute atomic E-state index is 13.0. The number of aromatic amines is 1. The lowest BCUT2D eigenvalue weighted by atomic mass is 10.1. The summed E-state index contributed by atoms with van der Waals surface area (Å²) in [5, 5.41) is 2.23. The summed E-state index contributed by atoms with van der Waals surface area (Å²) in [5.41, 5.74) is 1.44. The summed E-state index contributed by atoms with van der Waals surface area (Å²) in [6.07, 6.45) is 3.72. The molecule has 0 aliphatic heterocycles. The van der Waals surface area contributed by atoms with Crippen molar-refractivity contribution in [1.29, 1.82) is 0 Å². The Kier molecular flexibility index (Phi) is 5.12. The van der Waals surface area contributed by atoms with Gasteiger partial charge in [0.25, 0.3) is 11.5 Å². The second kappa shape index (κ2) is 7.73. The van der Waals surface area contributed by atoms with Crippen LogP contribution in [0.4, 0.5) is 0 Å². The Morgan fingerprint density at radius 1 is 1.34 bits per heavy atom. The number of fused-ring (bicyclic) bond motifs is 1. The first-order valence-electron chi connectivity index (χ1n) is 8.70. The quantitative estimate of drug-likeness (QED) is 0.525.